The average molecular weight is 358 g/mol. The van der Waals surface area contributed by atoms with Crippen LogP contribution in [0.15, 0.2) is 60.7 Å². The van der Waals surface area contributed by atoms with Crippen molar-refractivity contribution in [3.8, 4) is 11.8 Å². The molecule has 0 bridgehead atoms. The van der Waals surface area contributed by atoms with Gasteiger partial charge in [0.1, 0.15) is 6.07 Å². The molecule has 0 saturated heterocycles. The first-order valence-corrected chi connectivity index (χ1v) is 8.84. The van der Waals surface area contributed by atoms with Crippen LogP contribution in [0.25, 0.3) is 15.9 Å². The van der Waals surface area contributed by atoms with Gasteiger partial charge in [-0.05, 0) is 37.3 Å². The Balaban J connectivity index is 1.72. The van der Waals surface area contributed by atoms with Gasteiger partial charge in [-0.2, -0.15) is 10.4 Å². The van der Waals surface area contributed by atoms with E-state index in [4.69, 9.17) is 0 Å². The van der Waals surface area contributed by atoms with Gasteiger partial charge in [0.25, 0.3) is 5.91 Å². The van der Waals surface area contributed by atoms with Crippen molar-refractivity contribution >= 4 is 33.1 Å². The van der Waals surface area contributed by atoms with Gasteiger partial charge in [-0.1, -0.05) is 30.3 Å². The smallest absolute Gasteiger partial charge is 0.265 e. The van der Waals surface area contributed by atoms with Crippen LogP contribution in [0.4, 0.5) is 5.69 Å². The Morgan fingerprint density at radius 3 is 2.65 bits per heavy atom. The Morgan fingerprint density at radius 2 is 1.88 bits per heavy atom. The number of nitrogens with zero attached hydrogens (tertiary/aromatic N) is 3. The molecular formula is C20H14N4OS. The number of fused-ring (bicyclic) bond motifs is 1. The van der Waals surface area contributed by atoms with Gasteiger partial charge in [0.05, 0.1) is 37.7 Å². The van der Waals surface area contributed by atoms with Gasteiger partial charge in [0, 0.05) is 0 Å². The molecule has 0 atom stereocenters. The summed E-state index contributed by atoms with van der Waals surface area (Å²) < 4.78 is 2.83. The number of carbonyl (C=O) groups excluding carboxylic acids is 1. The van der Waals surface area contributed by atoms with Gasteiger partial charge >= 0.3 is 0 Å². The highest BCUT2D eigenvalue weighted by atomic mass is 32.1. The third kappa shape index (κ3) is 2.75. The number of rotatable bonds is 3. The lowest BCUT2D eigenvalue weighted by molar-refractivity contribution is 0.103. The second-order valence-corrected chi connectivity index (χ2v) is 6.82. The van der Waals surface area contributed by atoms with Crippen LogP contribution < -0.4 is 5.32 Å². The quantitative estimate of drug-likeness (QED) is 0.585. The summed E-state index contributed by atoms with van der Waals surface area (Å²) >= 11 is 1.40. The molecule has 2 aromatic carbocycles. The fraction of sp³-hybridized carbons (Fsp3) is 0.0500. The minimum absolute atomic E-state index is 0.229. The Morgan fingerprint density at radius 1 is 1.15 bits per heavy atom. The molecule has 0 aliphatic carbocycles. The fourth-order valence-corrected chi connectivity index (χ4v) is 3.77. The van der Waals surface area contributed by atoms with Crippen molar-refractivity contribution in [2.45, 2.75) is 6.92 Å². The Labute approximate surface area is 154 Å². The lowest BCUT2D eigenvalue weighted by atomic mass is 10.2. The maximum Gasteiger partial charge on any atom is 0.265 e. The summed E-state index contributed by atoms with van der Waals surface area (Å²) in [6, 6.07) is 20.7. The largest absolute Gasteiger partial charge is 0.320 e. The molecule has 0 aliphatic heterocycles. The molecule has 0 fully saturated rings. The van der Waals surface area contributed by atoms with E-state index in [1.807, 2.05) is 48.0 Å². The van der Waals surface area contributed by atoms with Crippen LogP contribution in [-0.4, -0.2) is 15.7 Å². The summed E-state index contributed by atoms with van der Waals surface area (Å²) in [5, 5.41) is 16.6. The molecule has 0 unspecified atom stereocenters. The average Bonchev–Trinajstić information content (AvgIpc) is 3.24. The first kappa shape index (κ1) is 16.1. The van der Waals surface area contributed by atoms with Gasteiger partial charge in [-0.3, -0.25) is 4.79 Å². The summed E-state index contributed by atoms with van der Waals surface area (Å²) in [5.41, 5.74) is 3.68. The molecule has 2 heterocycles. The van der Waals surface area contributed by atoms with E-state index in [1.165, 1.54) is 11.3 Å². The monoisotopic (exact) mass is 358 g/mol. The third-order valence-corrected chi connectivity index (χ3v) is 5.27. The number of anilines is 1. The minimum Gasteiger partial charge on any atom is -0.320 e. The molecule has 0 radical (unpaired) electrons. The highest BCUT2D eigenvalue weighted by Crippen LogP contribution is 2.31. The van der Waals surface area contributed by atoms with E-state index in [1.54, 1.807) is 24.3 Å². The van der Waals surface area contributed by atoms with Crippen molar-refractivity contribution in [3.05, 3.63) is 76.8 Å². The number of thiophene rings is 1. The van der Waals surface area contributed by atoms with Crippen LogP contribution in [0, 0.1) is 18.3 Å². The van der Waals surface area contributed by atoms with Crippen LogP contribution >= 0.6 is 11.3 Å². The first-order chi connectivity index (χ1) is 12.7. The molecule has 1 amide bonds. The number of benzene rings is 2. The van der Waals surface area contributed by atoms with E-state index >= 15 is 0 Å². The topological polar surface area (TPSA) is 70.7 Å². The van der Waals surface area contributed by atoms with Gasteiger partial charge in [-0.25, -0.2) is 4.68 Å². The van der Waals surface area contributed by atoms with Crippen molar-refractivity contribution in [1.82, 2.24) is 9.78 Å². The Bertz CT molecular complexity index is 1150. The minimum atomic E-state index is -0.229. The maximum atomic E-state index is 12.7. The molecular weight excluding hydrogens is 344 g/mol. The Hall–Kier alpha value is -3.43. The van der Waals surface area contributed by atoms with Crippen molar-refractivity contribution < 1.29 is 4.79 Å². The number of para-hydroxylation sites is 2. The number of aromatic nitrogens is 2. The summed E-state index contributed by atoms with van der Waals surface area (Å²) in [7, 11) is 0. The zero-order chi connectivity index (χ0) is 18.1. The van der Waals surface area contributed by atoms with Crippen molar-refractivity contribution in [2.24, 2.45) is 0 Å². The summed E-state index contributed by atoms with van der Waals surface area (Å²) in [4.78, 5) is 13.3. The van der Waals surface area contributed by atoms with Gasteiger partial charge in [0.2, 0.25) is 0 Å². The van der Waals surface area contributed by atoms with E-state index < -0.39 is 0 Å². The van der Waals surface area contributed by atoms with E-state index in [0.29, 0.717) is 16.1 Å². The third-order valence-electron chi connectivity index (χ3n) is 4.04. The number of hydrogen-bond donors (Lipinski definition) is 1. The van der Waals surface area contributed by atoms with Crippen molar-refractivity contribution in [1.29, 1.82) is 5.26 Å². The Kier molecular flexibility index (Phi) is 3.99. The SMILES string of the molecule is Cc1nn(-c2ccccc2)c2cc(C(=O)Nc3ccccc3C#N)sc12. The number of nitriles is 1. The summed E-state index contributed by atoms with van der Waals surface area (Å²) in [6.07, 6.45) is 0. The molecule has 0 saturated carbocycles. The van der Waals surface area contributed by atoms with E-state index in [2.05, 4.69) is 16.5 Å². The maximum absolute atomic E-state index is 12.7. The van der Waals surface area contributed by atoms with Crippen molar-refractivity contribution in [3.63, 3.8) is 0 Å². The highest BCUT2D eigenvalue weighted by Gasteiger charge is 2.17. The zero-order valence-electron chi connectivity index (χ0n) is 13.9. The van der Waals surface area contributed by atoms with Crippen LogP contribution in [0.3, 0.4) is 0 Å². The van der Waals surface area contributed by atoms with Crippen LogP contribution in [0.5, 0.6) is 0 Å². The molecule has 4 aromatic rings. The highest BCUT2D eigenvalue weighted by molar-refractivity contribution is 7.21. The van der Waals surface area contributed by atoms with Gasteiger partial charge in [0.15, 0.2) is 0 Å². The predicted octanol–water partition coefficient (Wildman–Crippen LogP) is 4.52. The molecule has 1 N–H and O–H groups in total. The molecule has 126 valence electrons. The molecule has 0 aliphatic rings. The van der Waals surface area contributed by atoms with Crippen LogP contribution in [-0.2, 0) is 0 Å². The standard InChI is InChI=1S/C20H14N4OS/c1-13-19-17(24(23-13)15-8-3-2-4-9-15)11-18(26-19)20(25)22-16-10-6-5-7-14(16)12-21/h2-11H,1H3,(H,22,25). The van der Waals surface area contributed by atoms with Gasteiger partial charge < -0.3 is 5.32 Å². The summed E-state index contributed by atoms with van der Waals surface area (Å²) in [6.45, 7) is 1.94. The first-order valence-electron chi connectivity index (χ1n) is 8.02. The lowest BCUT2D eigenvalue weighted by Crippen LogP contribution is -2.11. The number of aryl methyl sites for hydroxylation is 1. The normalized spacial score (nSPS) is 10.6. The molecule has 2 aromatic heterocycles. The fourth-order valence-electron chi connectivity index (χ4n) is 2.80. The number of nitrogens with one attached hydrogen (secondary N) is 1. The summed E-state index contributed by atoms with van der Waals surface area (Å²) in [5.74, 6) is -0.229. The zero-order valence-corrected chi connectivity index (χ0v) is 14.7. The molecule has 26 heavy (non-hydrogen) atoms. The predicted molar refractivity (Wildman–Crippen MR) is 103 cm³/mol. The van der Waals surface area contributed by atoms with E-state index in [9.17, 15) is 10.1 Å². The van der Waals surface area contributed by atoms with Crippen molar-refractivity contribution in [2.75, 3.05) is 5.32 Å². The van der Waals surface area contributed by atoms with E-state index in [-0.39, 0.29) is 5.91 Å². The van der Waals surface area contributed by atoms with E-state index in [0.717, 1.165) is 21.6 Å². The lowest BCUT2D eigenvalue weighted by Gasteiger charge is -2.05. The molecule has 6 heteroatoms. The van der Waals surface area contributed by atoms with Crippen LogP contribution in [0.1, 0.15) is 20.9 Å². The molecule has 0 spiro atoms. The number of hydrogen-bond acceptors (Lipinski definition) is 4. The second kappa shape index (κ2) is 6.47. The van der Waals surface area contributed by atoms with Gasteiger partial charge in [-0.15, -0.1) is 11.3 Å². The number of carbonyl (C=O) groups is 1. The van der Waals surface area contributed by atoms with Crippen LogP contribution in [0.2, 0.25) is 0 Å². The second-order valence-electron chi connectivity index (χ2n) is 5.77. The molecule has 4 rings (SSSR count). The molecule has 5 nitrogen and oxygen atoms in total. The number of amides is 1.